The Bertz CT molecular complexity index is 169. The lowest BCUT2D eigenvalue weighted by Gasteiger charge is -2.29. The van der Waals surface area contributed by atoms with Gasteiger partial charge in [-0.2, -0.15) is 5.10 Å². The smallest absolute Gasteiger partial charge is 0.106 e. The van der Waals surface area contributed by atoms with Crippen LogP contribution in [-0.4, -0.2) is 34.8 Å². The van der Waals surface area contributed by atoms with Crippen molar-refractivity contribution in [3.63, 3.8) is 0 Å². The topological polar surface area (TPSA) is 18.8 Å². The normalized spacial score (nSPS) is 20.5. The minimum absolute atomic E-state index is 0.510. The molecule has 0 bridgehead atoms. The molecule has 1 aliphatic rings. The molecule has 0 aliphatic carbocycles. The quantitative estimate of drug-likeness (QED) is 0.574. The molecular weight excluding hydrogens is 158 g/mol. The van der Waals surface area contributed by atoms with E-state index in [0.29, 0.717) is 6.04 Å². The van der Waals surface area contributed by atoms with E-state index in [1.165, 1.54) is 0 Å². The molecular formula is C7H14N3S-. The van der Waals surface area contributed by atoms with Gasteiger partial charge in [0, 0.05) is 18.3 Å². The summed E-state index contributed by atoms with van der Waals surface area (Å²) in [5.74, 6) is 0. The first-order valence-corrected chi connectivity index (χ1v) is 4.29. The van der Waals surface area contributed by atoms with Crippen molar-refractivity contribution in [3.8, 4) is 0 Å². The second kappa shape index (κ2) is 3.26. The lowest BCUT2D eigenvalue weighted by molar-refractivity contribution is 0.236. The molecule has 4 heteroatoms. The highest BCUT2D eigenvalue weighted by Crippen LogP contribution is 2.10. The van der Waals surface area contributed by atoms with Gasteiger partial charge < -0.3 is 17.5 Å². The van der Waals surface area contributed by atoms with Gasteiger partial charge in [-0.3, -0.25) is 5.01 Å². The third kappa shape index (κ3) is 1.74. The minimum Gasteiger partial charge on any atom is -0.741 e. The molecule has 1 rings (SSSR count). The van der Waals surface area contributed by atoms with Gasteiger partial charge in [0.15, 0.2) is 0 Å². The Morgan fingerprint density at radius 1 is 1.73 bits per heavy atom. The molecule has 0 aromatic rings. The van der Waals surface area contributed by atoms with E-state index in [1.54, 1.807) is 0 Å². The van der Waals surface area contributed by atoms with E-state index in [1.807, 2.05) is 12.1 Å². The van der Waals surface area contributed by atoms with E-state index in [-0.39, 0.29) is 0 Å². The first-order valence-electron chi connectivity index (χ1n) is 3.88. The molecule has 0 fully saturated rings. The van der Waals surface area contributed by atoms with Gasteiger partial charge in [0.1, 0.15) is 6.67 Å². The van der Waals surface area contributed by atoms with Crippen LogP contribution in [0.2, 0.25) is 0 Å². The first kappa shape index (κ1) is 8.59. The largest absolute Gasteiger partial charge is 0.741 e. The Kier molecular flexibility index (Phi) is 2.54. The van der Waals surface area contributed by atoms with Gasteiger partial charge >= 0.3 is 0 Å². The summed E-state index contributed by atoms with van der Waals surface area (Å²) in [6.45, 7) is 5.17. The third-order valence-electron chi connectivity index (χ3n) is 1.98. The van der Waals surface area contributed by atoms with Crippen molar-refractivity contribution < 1.29 is 0 Å². The van der Waals surface area contributed by atoms with Crippen LogP contribution in [0.1, 0.15) is 20.3 Å². The van der Waals surface area contributed by atoms with Gasteiger partial charge in [-0.1, -0.05) is 6.92 Å². The maximum absolute atomic E-state index is 5.08. The predicted molar refractivity (Wildman–Crippen MR) is 49.0 cm³/mol. The Hall–Kier alpha value is -0.510. The number of amidine groups is 1. The minimum atomic E-state index is 0.510. The fraction of sp³-hybridized carbons (Fsp3) is 0.857. The third-order valence-corrected chi connectivity index (χ3v) is 2.30. The van der Waals surface area contributed by atoms with Crippen molar-refractivity contribution in [1.82, 2.24) is 9.91 Å². The summed E-state index contributed by atoms with van der Waals surface area (Å²) in [7, 11) is 1.94. The monoisotopic (exact) mass is 172 g/mol. The average molecular weight is 172 g/mol. The molecule has 64 valence electrons. The van der Waals surface area contributed by atoms with Crippen LogP contribution >= 0.6 is 0 Å². The molecule has 3 nitrogen and oxygen atoms in total. The molecule has 1 aliphatic heterocycles. The molecule has 0 spiro atoms. The second-order valence-electron chi connectivity index (χ2n) is 2.91. The predicted octanol–water partition coefficient (Wildman–Crippen LogP) is 0.808. The van der Waals surface area contributed by atoms with Crippen LogP contribution in [0.25, 0.3) is 0 Å². The van der Waals surface area contributed by atoms with Crippen molar-refractivity contribution in [2.45, 2.75) is 26.3 Å². The van der Waals surface area contributed by atoms with Crippen molar-refractivity contribution in [2.24, 2.45) is 5.10 Å². The van der Waals surface area contributed by atoms with Crippen molar-refractivity contribution in [3.05, 3.63) is 0 Å². The van der Waals surface area contributed by atoms with Crippen LogP contribution in [0.3, 0.4) is 0 Å². The van der Waals surface area contributed by atoms with E-state index in [0.717, 1.165) is 18.3 Å². The summed E-state index contributed by atoms with van der Waals surface area (Å²) in [4.78, 5) is 2.13. The molecule has 0 radical (unpaired) electrons. The van der Waals surface area contributed by atoms with Crippen LogP contribution in [0.5, 0.6) is 0 Å². The molecule has 0 saturated heterocycles. The van der Waals surface area contributed by atoms with E-state index in [4.69, 9.17) is 12.6 Å². The summed E-state index contributed by atoms with van der Waals surface area (Å²) in [6.07, 6.45) is 1.11. The molecule has 11 heavy (non-hydrogen) atoms. The van der Waals surface area contributed by atoms with Crippen LogP contribution in [0.15, 0.2) is 5.10 Å². The van der Waals surface area contributed by atoms with Gasteiger partial charge in [-0.15, -0.1) is 0 Å². The fourth-order valence-corrected chi connectivity index (χ4v) is 1.44. The Morgan fingerprint density at radius 2 is 2.36 bits per heavy atom. The van der Waals surface area contributed by atoms with Gasteiger partial charge in [-0.05, 0) is 13.3 Å². The highest BCUT2D eigenvalue weighted by Gasteiger charge is 2.16. The van der Waals surface area contributed by atoms with E-state index >= 15 is 0 Å². The molecule has 0 amide bonds. The SMILES string of the molecule is CCC(C)N1CN(C)N=C1[S-]. The van der Waals surface area contributed by atoms with Crippen LogP contribution < -0.4 is 0 Å². The van der Waals surface area contributed by atoms with Gasteiger partial charge in [0.25, 0.3) is 0 Å². The van der Waals surface area contributed by atoms with Gasteiger partial charge in [-0.25, -0.2) is 0 Å². The van der Waals surface area contributed by atoms with E-state index in [2.05, 4.69) is 23.8 Å². The van der Waals surface area contributed by atoms with Gasteiger partial charge in [0.2, 0.25) is 0 Å². The molecule has 0 N–H and O–H groups in total. The zero-order chi connectivity index (χ0) is 8.43. The molecule has 1 heterocycles. The number of hydrogen-bond donors (Lipinski definition) is 0. The van der Waals surface area contributed by atoms with Crippen LogP contribution in [0, 0.1) is 0 Å². The van der Waals surface area contributed by atoms with E-state index in [9.17, 15) is 0 Å². The molecule has 1 atom stereocenters. The highest BCUT2D eigenvalue weighted by atomic mass is 32.1. The summed E-state index contributed by atoms with van der Waals surface area (Å²) in [5.41, 5.74) is 0. The maximum atomic E-state index is 5.08. The molecule has 0 aromatic heterocycles. The Labute approximate surface area is 73.5 Å². The van der Waals surface area contributed by atoms with Crippen molar-refractivity contribution in [1.29, 1.82) is 0 Å². The zero-order valence-electron chi connectivity index (χ0n) is 7.24. The van der Waals surface area contributed by atoms with E-state index < -0.39 is 0 Å². The maximum Gasteiger partial charge on any atom is 0.106 e. The summed E-state index contributed by atoms with van der Waals surface area (Å²) < 4.78 is 0. The number of hydrazone groups is 1. The molecule has 0 saturated carbocycles. The molecule has 1 unspecified atom stereocenters. The van der Waals surface area contributed by atoms with Crippen LogP contribution in [0.4, 0.5) is 0 Å². The number of nitrogens with zero attached hydrogens (tertiary/aromatic N) is 3. The summed E-state index contributed by atoms with van der Waals surface area (Å²) in [6, 6.07) is 0.510. The summed E-state index contributed by atoms with van der Waals surface area (Å²) in [5, 5.41) is 6.72. The van der Waals surface area contributed by atoms with Crippen molar-refractivity contribution in [2.75, 3.05) is 13.7 Å². The average Bonchev–Trinajstić information content (AvgIpc) is 2.28. The molecule has 0 aromatic carbocycles. The fourth-order valence-electron chi connectivity index (χ4n) is 1.06. The highest BCUT2D eigenvalue weighted by molar-refractivity contribution is 7.77. The lowest BCUT2D eigenvalue weighted by Crippen LogP contribution is -2.36. The zero-order valence-corrected chi connectivity index (χ0v) is 8.06. The van der Waals surface area contributed by atoms with Crippen LogP contribution in [-0.2, 0) is 12.6 Å². The Morgan fingerprint density at radius 3 is 2.73 bits per heavy atom. The van der Waals surface area contributed by atoms with Crippen molar-refractivity contribution >= 4 is 17.8 Å². The standard InChI is InChI=1S/C7H15N3S/c1-4-6(2)10-5-9(3)8-7(10)11/h6H,4-5H2,1-3H3,(H,8,11)/p-1. The lowest BCUT2D eigenvalue weighted by atomic mass is 10.2. The Balaban J connectivity index is 2.56. The van der Waals surface area contributed by atoms with Gasteiger partial charge in [0.05, 0.1) is 0 Å². The first-order chi connectivity index (χ1) is 5.15. The second-order valence-corrected chi connectivity index (χ2v) is 3.27. The number of hydrogen-bond acceptors (Lipinski definition) is 4. The summed E-state index contributed by atoms with van der Waals surface area (Å²) >= 11 is 5.08. The number of rotatable bonds is 2.